The van der Waals surface area contributed by atoms with Gasteiger partial charge in [-0.2, -0.15) is 0 Å². The number of halogens is 2. The minimum absolute atomic E-state index is 0.0225. The van der Waals surface area contributed by atoms with Crippen molar-refractivity contribution in [2.45, 2.75) is 65.0 Å². The summed E-state index contributed by atoms with van der Waals surface area (Å²) < 4.78 is 0. The van der Waals surface area contributed by atoms with Crippen LogP contribution in [-0.4, -0.2) is 76.4 Å². The summed E-state index contributed by atoms with van der Waals surface area (Å²) in [5, 5.41) is 7.59. The van der Waals surface area contributed by atoms with Crippen LogP contribution in [0.5, 0.6) is 0 Å². The minimum Gasteiger partial charge on any atom is -0.369 e. The molecule has 0 spiro atoms. The Morgan fingerprint density at radius 1 is 1.03 bits per heavy atom. The van der Waals surface area contributed by atoms with Crippen molar-refractivity contribution in [2.75, 3.05) is 38.0 Å². The van der Waals surface area contributed by atoms with E-state index in [9.17, 15) is 9.59 Å². The number of hydrogen-bond acceptors (Lipinski definition) is 6. The van der Waals surface area contributed by atoms with Crippen LogP contribution in [0, 0.1) is 12.8 Å². The van der Waals surface area contributed by atoms with Gasteiger partial charge >= 0.3 is 0 Å². The molecule has 4 rings (SSSR count). The highest BCUT2D eigenvalue weighted by Gasteiger charge is 2.31. The van der Waals surface area contributed by atoms with Gasteiger partial charge in [-0.1, -0.05) is 43.1 Å². The van der Waals surface area contributed by atoms with Crippen molar-refractivity contribution in [3.05, 3.63) is 51.4 Å². The minimum atomic E-state index is -0.0361. The standard InChI is InChI=1S/C28H38Cl2N6O2/c1-18(2)27(37)34-21-7-12-35(13-8-21)22-9-14-36(15-10-22)28(38)25-19(3)26(33-17-32-25)31-11-6-20-4-5-23(29)24(30)16-20/h4-5,16-18,21-22H,6-15H2,1-3H3,(H,34,37)(H,31,32,33). The molecule has 0 bridgehead atoms. The van der Waals surface area contributed by atoms with E-state index in [0.717, 1.165) is 69.4 Å². The first-order valence-electron chi connectivity index (χ1n) is 13.6. The number of likely N-dealkylation sites (tertiary alicyclic amines) is 2. The van der Waals surface area contributed by atoms with Crippen LogP contribution in [0.25, 0.3) is 0 Å². The molecule has 0 atom stereocenters. The molecule has 0 radical (unpaired) electrons. The summed E-state index contributed by atoms with van der Waals surface area (Å²) in [5.41, 5.74) is 2.29. The van der Waals surface area contributed by atoms with Gasteiger partial charge in [0.15, 0.2) is 0 Å². The lowest BCUT2D eigenvalue weighted by molar-refractivity contribution is -0.125. The predicted molar refractivity (Wildman–Crippen MR) is 152 cm³/mol. The topological polar surface area (TPSA) is 90.5 Å². The summed E-state index contributed by atoms with van der Waals surface area (Å²) in [4.78, 5) is 38.5. The smallest absolute Gasteiger partial charge is 0.272 e. The fourth-order valence-electron chi connectivity index (χ4n) is 5.23. The summed E-state index contributed by atoms with van der Waals surface area (Å²) in [7, 11) is 0. The number of rotatable bonds is 8. The SMILES string of the molecule is Cc1c(NCCc2ccc(Cl)c(Cl)c2)ncnc1C(=O)N1CCC(N2CCC(NC(=O)C(C)C)CC2)CC1. The van der Waals surface area contributed by atoms with Crippen LogP contribution < -0.4 is 10.6 Å². The van der Waals surface area contributed by atoms with Crippen molar-refractivity contribution in [1.82, 2.24) is 25.1 Å². The molecule has 0 aliphatic carbocycles. The maximum absolute atomic E-state index is 13.3. The first kappa shape index (κ1) is 28.6. The van der Waals surface area contributed by atoms with E-state index < -0.39 is 0 Å². The Morgan fingerprint density at radius 2 is 1.74 bits per heavy atom. The number of aromatic nitrogens is 2. The van der Waals surface area contributed by atoms with Gasteiger partial charge in [-0.15, -0.1) is 0 Å². The maximum atomic E-state index is 13.3. The highest BCUT2D eigenvalue weighted by Crippen LogP contribution is 2.25. The summed E-state index contributed by atoms with van der Waals surface area (Å²) in [5.74, 6) is 0.797. The second-order valence-corrected chi connectivity index (χ2v) is 11.4. The molecule has 2 aliphatic heterocycles. The second-order valence-electron chi connectivity index (χ2n) is 10.6. The van der Waals surface area contributed by atoms with Gasteiger partial charge in [0, 0.05) is 56.3 Å². The van der Waals surface area contributed by atoms with E-state index in [1.54, 1.807) is 6.07 Å². The third kappa shape index (κ3) is 7.16. The lowest BCUT2D eigenvalue weighted by atomic mass is 9.97. The van der Waals surface area contributed by atoms with Crippen LogP contribution in [0.1, 0.15) is 61.1 Å². The fraction of sp³-hybridized carbons (Fsp3) is 0.571. The maximum Gasteiger partial charge on any atom is 0.272 e. The molecular weight excluding hydrogens is 523 g/mol. The molecule has 3 heterocycles. The van der Waals surface area contributed by atoms with Crippen molar-refractivity contribution in [3.8, 4) is 0 Å². The molecule has 0 saturated carbocycles. The highest BCUT2D eigenvalue weighted by molar-refractivity contribution is 6.42. The van der Waals surface area contributed by atoms with E-state index in [4.69, 9.17) is 23.2 Å². The largest absolute Gasteiger partial charge is 0.369 e. The summed E-state index contributed by atoms with van der Waals surface area (Å²) in [6.45, 7) is 9.82. The Balaban J connectivity index is 1.26. The monoisotopic (exact) mass is 560 g/mol. The number of carbonyl (C=O) groups is 2. The second kappa shape index (κ2) is 13.1. The predicted octanol–water partition coefficient (Wildman–Crippen LogP) is 4.59. The fourth-order valence-corrected chi connectivity index (χ4v) is 5.55. The van der Waals surface area contributed by atoms with Gasteiger partial charge < -0.3 is 20.4 Å². The number of piperidine rings is 2. The molecule has 2 aliphatic rings. The Kier molecular flexibility index (Phi) is 9.85. The van der Waals surface area contributed by atoms with Crippen molar-refractivity contribution in [2.24, 2.45) is 5.92 Å². The number of nitrogens with zero attached hydrogens (tertiary/aromatic N) is 4. The quantitative estimate of drug-likeness (QED) is 0.490. The van der Waals surface area contributed by atoms with Gasteiger partial charge in [0.1, 0.15) is 17.8 Å². The van der Waals surface area contributed by atoms with E-state index in [1.165, 1.54) is 6.33 Å². The van der Waals surface area contributed by atoms with Crippen LogP contribution >= 0.6 is 23.2 Å². The Morgan fingerprint density at radius 3 is 2.39 bits per heavy atom. The molecular formula is C28H38Cl2N6O2. The van der Waals surface area contributed by atoms with E-state index >= 15 is 0 Å². The molecule has 10 heteroatoms. The van der Waals surface area contributed by atoms with E-state index in [-0.39, 0.29) is 23.8 Å². The number of amides is 2. The molecule has 206 valence electrons. The van der Waals surface area contributed by atoms with Gasteiger partial charge in [0.05, 0.1) is 10.0 Å². The zero-order valence-electron chi connectivity index (χ0n) is 22.5. The number of hydrogen-bond donors (Lipinski definition) is 2. The van der Waals surface area contributed by atoms with E-state index in [1.807, 2.05) is 37.8 Å². The van der Waals surface area contributed by atoms with Gasteiger partial charge in [0.25, 0.3) is 5.91 Å². The molecule has 1 aromatic heterocycles. The average Bonchev–Trinajstić information content (AvgIpc) is 2.92. The zero-order valence-corrected chi connectivity index (χ0v) is 24.0. The lowest BCUT2D eigenvalue weighted by Gasteiger charge is -2.42. The number of carbonyl (C=O) groups excluding carboxylic acids is 2. The lowest BCUT2D eigenvalue weighted by Crippen LogP contribution is -2.52. The molecule has 1 aromatic carbocycles. The molecule has 2 fully saturated rings. The van der Waals surface area contributed by atoms with Crippen LogP contribution in [0.15, 0.2) is 24.5 Å². The average molecular weight is 562 g/mol. The molecule has 2 N–H and O–H groups in total. The number of benzene rings is 1. The van der Waals surface area contributed by atoms with Crippen LogP contribution in [0.4, 0.5) is 5.82 Å². The Bertz CT molecular complexity index is 1130. The summed E-state index contributed by atoms with van der Waals surface area (Å²) in [6, 6.07) is 6.36. The van der Waals surface area contributed by atoms with Crippen molar-refractivity contribution < 1.29 is 9.59 Å². The molecule has 2 aromatic rings. The van der Waals surface area contributed by atoms with Crippen LogP contribution in [0.2, 0.25) is 10.0 Å². The molecule has 0 unspecified atom stereocenters. The summed E-state index contributed by atoms with van der Waals surface area (Å²) in [6.07, 6.45) is 6.08. The molecule has 38 heavy (non-hydrogen) atoms. The molecule has 2 amide bonds. The Labute approximate surface area is 235 Å². The third-order valence-corrected chi connectivity index (χ3v) is 8.38. The molecule has 8 nitrogen and oxygen atoms in total. The van der Waals surface area contributed by atoms with Crippen LogP contribution in [0.3, 0.4) is 0 Å². The van der Waals surface area contributed by atoms with Gasteiger partial charge in [-0.25, -0.2) is 9.97 Å². The van der Waals surface area contributed by atoms with Gasteiger partial charge in [-0.3, -0.25) is 9.59 Å². The number of anilines is 1. The van der Waals surface area contributed by atoms with Crippen molar-refractivity contribution in [1.29, 1.82) is 0 Å². The van der Waals surface area contributed by atoms with E-state index in [0.29, 0.717) is 34.1 Å². The van der Waals surface area contributed by atoms with Crippen molar-refractivity contribution >= 4 is 40.8 Å². The zero-order chi connectivity index (χ0) is 27.2. The highest BCUT2D eigenvalue weighted by atomic mass is 35.5. The summed E-state index contributed by atoms with van der Waals surface area (Å²) >= 11 is 12.1. The molecule has 2 saturated heterocycles. The Hall–Kier alpha value is -2.42. The van der Waals surface area contributed by atoms with E-state index in [2.05, 4.69) is 25.5 Å². The normalized spacial score (nSPS) is 17.6. The van der Waals surface area contributed by atoms with Crippen molar-refractivity contribution in [3.63, 3.8) is 0 Å². The first-order valence-corrected chi connectivity index (χ1v) is 14.3. The number of nitrogens with one attached hydrogen (secondary N) is 2. The van der Waals surface area contributed by atoms with Gasteiger partial charge in [0.2, 0.25) is 5.91 Å². The first-order chi connectivity index (χ1) is 18.2. The van der Waals surface area contributed by atoms with Crippen LogP contribution in [-0.2, 0) is 11.2 Å². The third-order valence-electron chi connectivity index (χ3n) is 7.65. The van der Waals surface area contributed by atoms with Gasteiger partial charge in [-0.05, 0) is 56.7 Å².